The maximum absolute atomic E-state index is 13.1. The van der Waals surface area contributed by atoms with E-state index in [9.17, 15) is 19.1 Å². The van der Waals surface area contributed by atoms with E-state index in [0.29, 0.717) is 10.9 Å². The minimum absolute atomic E-state index is 0.0463. The van der Waals surface area contributed by atoms with Gasteiger partial charge < -0.3 is 14.3 Å². The number of esters is 1. The number of rotatable bonds is 3. The summed E-state index contributed by atoms with van der Waals surface area (Å²) in [5.41, 5.74) is 0.174. The third-order valence-electron chi connectivity index (χ3n) is 3.32. The highest BCUT2D eigenvalue weighted by Crippen LogP contribution is 2.23. The van der Waals surface area contributed by atoms with Crippen LogP contribution in [0.15, 0.2) is 56.1 Å². The molecular formula is C17H10BrFO5. The molecular weight excluding hydrogens is 383 g/mol. The summed E-state index contributed by atoms with van der Waals surface area (Å²) in [7, 11) is 0. The van der Waals surface area contributed by atoms with Crippen molar-refractivity contribution in [2.75, 3.05) is 0 Å². The standard InChI is InChI=1S/C17H10BrFO5/c18-14-6-10(19)1-3-13(14)17(22)23-8-9-5-16(21)24-15-7-11(20)2-4-12(9)15/h1-7,20H,8H2. The molecule has 0 atom stereocenters. The Labute approximate surface area is 143 Å². The molecule has 122 valence electrons. The highest BCUT2D eigenvalue weighted by atomic mass is 79.9. The first-order chi connectivity index (χ1) is 11.4. The Hall–Kier alpha value is -2.67. The molecule has 3 aromatic rings. The summed E-state index contributed by atoms with van der Waals surface area (Å²) in [4.78, 5) is 23.7. The number of aromatic hydroxyl groups is 1. The van der Waals surface area contributed by atoms with Crippen molar-refractivity contribution in [1.82, 2.24) is 0 Å². The van der Waals surface area contributed by atoms with Crippen LogP contribution in [-0.2, 0) is 11.3 Å². The second kappa shape index (κ2) is 6.45. The van der Waals surface area contributed by atoms with Gasteiger partial charge in [-0.1, -0.05) is 0 Å². The lowest BCUT2D eigenvalue weighted by atomic mass is 10.1. The summed E-state index contributed by atoms with van der Waals surface area (Å²) in [5.74, 6) is -1.19. The van der Waals surface area contributed by atoms with Crippen LogP contribution in [-0.4, -0.2) is 11.1 Å². The molecule has 0 bridgehead atoms. The number of hydrogen-bond donors (Lipinski definition) is 1. The summed E-state index contributed by atoms with van der Waals surface area (Å²) >= 11 is 3.10. The fourth-order valence-corrected chi connectivity index (χ4v) is 2.73. The minimum Gasteiger partial charge on any atom is -0.508 e. The first-order valence-electron chi connectivity index (χ1n) is 6.82. The predicted molar refractivity (Wildman–Crippen MR) is 87.4 cm³/mol. The number of benzene rings is 2. The Morgan fingerprint density at radius 1 is 1.21 bits per heavy atom. The van der Waals surface area contributed by atoms with E-state index in [2.05, 4.69) is 15.9 Å². The molecule has 0 radical (unpaired) electrons. The summed E-state index contributed by atoms with van der Waals surface area (Å²) in [6.45, 7) is -0.171. The minimum atomic E-state index is -0.665. The smallest absolute Gasteiger partial charge is 0.339 e. The van der Waals surface area contributed by atoms with Crippen molar-refractivity contribution in [2.45, 2.75) is 6.61 Å². The second-order valence-electron chi connectivity index (χ2n) is 4.97. The largest absolute Gasteiger partial charge is 0.508 e. The third kappa shape index (κ3) is 3.30. The van der Waals surface area contributed by atoms with Crippen molar-refractivity contribution in [1.29, 1.82) is 0 Å². The zero-order chi connectivity index (χ0) is 17.3. The van der Waals surface area contributed by atoms with E-state index in [4.69, 9.17) is 9.15 Å². The van der Waals surface area contributed by atoms with Crippen LogP contribution < -0.4 is 5.63 Å². The van der Waals surface area contributed by atoms with Gasteiger partial charge >= 0.3 is 11.6 Å². The SMILES string of the molecule is O=C(OCc1cc(=O)oc2cc(O)ccc12)c1ccc(F)cc1Br. The summed E-state index contributed by atoms with van der Waals surface area (Å²) in [5, 5.41) is 9.99. The van der Waals surface area contributed by atoms with Gasteiger partial charge in [0, 0.05) is 27.6 Å². The predicted octanol–water partition coefficient (Wildman–Crippen LogP) is 3.76. The molecule has 0 aliphatic carbocycles. The molecule has 2 aromatic carbocycles. The number of phenolic OH excluding ortho intramolecular Hbond substituents is 1. The van der Waals surface area contributed by atoms with E-state index in [-0.39, 0.29) is 28.0 Å². The highest BCUT2D eigenvalue weighted by Gasteiger charge is 2.14. The van der Waals surface area contributed by atoms with E-state index < -0.39 is 17.4 Å². The molecule has 0 aliphatic heterocycles. The lowest BCUT2D eigenvalue weighted by Gasteiger charge is -2.08. The molecule has 7 heteroatoms. The first kappa shape index (κ1) is 16.2. The lowest BCUT2D eigenvalue weighted by molar-refractivity contribution is 0.0472. The molecule has 3 rings (SSSR count). The Balaban J connectivity index is 1.88. The van der Waals surface area contributed by atoms with Crippen molar-refractivity contribution >= 4 is 32.9 Å². The van der Waals surface area contributed by atoms with Crippen molar-refractivity contribution in [3.8, 4) is 5.75 Å². The van der Waals surface area contributed by atoms with Crippen LogP contribution in [0, 0.1) is 5.82 Å². The van der Waals surface area contributed by atoms with Gasteiger partial charge in [0.15, 0.2) is 0 Å². The van der Waals surface area contributed by atoms with Crippen molar-refractivity contribution < 1.29 is 23.4 Å². The third-order valence-corrected chi connectivity index (χ3v) is 3.98. The lowest BCUT2D eigenvalue weighted by Crippen LogP contribution is -2.08. The fraction of sp³-hybridized carbons (Fsp3) is 0.0588. The number of halogens is 2. The molecule has 0 saturated heterocycles. The van der Waals surface area contributed by atoms with E-state index in [1.54, 1.807) is 6.07 Å². The Morgan fingerprint density at radius 3 is 2.75 bits per heavy atom. The van der Waals surface area contributed by atoms with E-state index in [0.717, 1.165) is 12.1 Å². The number of hydrogen-bond acceptors (Lipinski definition) is 5. The Kier molecular flexibility index (Phi) is 4.35. The fourth-order valence-electron chi connectivity index (χ4n) is 2.21. The molecule has 1 heterocycles. The van der Waals surface area contributed by atoms with Crippen LogP contribution in [0.25, 0.3) is 11.0 Å². The van der Waals surface area contributed by atoms with E-state index in [1.807, 2.05) is 0 Å². The molecule has 1 N–H and O–H groups in total. The number of carbonyl (C=O) groups excluding carboxylic acids is 1. The van der Waals surface area contributed by atoms with Gasteiger partial charge in [0.25, 0.3) is 0 Å². The Morgan fingerprint density at radius 2 is 2.00 bits per heavy atom. The van der Waals surface area contributed by atoms with Gasteiger partial charge in [-0.25, -0.2) is 14.0 Å². The number of phenols is 1. The van der Waals surface area contributed by atoms with Crippen LogP contribution in [0.5, 0.6) is 5.75 Å². The number of carbonyl (C=O) groups is 1. The summed E-state index contributed by atoms with van der Waals surface area (Å²) in [6.07, 6.45) is 0. The van der Waals surface area contributed by atoms with Crippen LogP contribution in [0.1, 0.15) is 15.9 Å². The van der Waals surface area contributed by atoms with Crippen molar-refractivity contribution in [3.05, 3.63) is 74.3 Å². The zero-order valence-corrected chi connectivity index (χ0v) is 13.7. The molecule has 0 amide bonds. The maximum atomic E-state index is 13.1. The van der Waals surface area contributed by atoms with Gasteiger partial charge in [0.2, 0.25) is 0 Å². The van der Waals surface area contributed by atoms with Gasteiger partial charge in [0.1, 0.15) is 23.8 Å². The molecule has 0 fully saturated rings. The van der Waals surface area contributed by atoms with Gasteiger partial charge in [-0.2, -0.15) is 0 Å². The van der Waals surface area contributed by atoms with Crippen LogP contribution >= 0.6 is 15.9 Å². The van der Waals surface area contributed by atoms with Crippen LogP contribution in [0.2, 0.25) is 0 Å². The first-order valence-corrected chi connectivity index (χ1v) is 7.61. The second-order valence-corrected chi connectivity index (χ2v) is 5.83. The Bertz CT molecular complexity index is 996. The van der Waals surface area contributed by atoms with Gasteiger partial charge in [0.05, 0.1) is 5.56 Å². The molecule has 0 unspecified atom stereocenters. The highest BCUT2D eigenvalue weighted by molar-refractivity contribution is 9.10. The van der Waals surface area contributed by atoms with E-state index in [1.165, 1.54) is 24.3 Å². The molecule has 0 saturated carbocycles. The van der Waals surface area contributed by atoms with Gasteiger partial charge in [-0.3, -0.25) is 0 Å². The normalized spacial score (nSPS) is 10.8. The topological polar surface area (TPSA) is 76.7 Å². The molecule has 24 heavy (non-hydrogen) atoms. The maximum Gasteiger partial charge on any atom is 0.339 e. The molecule has 1 aromatic heterocycles. The van der Waals surface area contributed by atoms with E-state index >= 15 is 0 Å². The average Bonchev–Trinajstić information content (AvgIpc) is 2.51. The van der Waals surface area contributed by atoms with Gasteiger partial charge in [-0.05, 0) is 46.3 Å². The summed E-state index contributed by atoms with van der Waals surface area (Å²) in [6, 6.07) is 9.12. The quantitative estimate of drug-likeness (QED) is 0.542. The number of fused-ring (bicyclic) bond motifs is 1. The zero-order valence-electron chi connectivity index (χ0n) is 12.1. The molecule has 0 spiro atoms. The van der Waals surface area contributed by atoms with Crippen LogP contribution in [0.3, 0.4) is 0 Å². The molecule has 0 aliphatic rings. The van der Waals surface area contributed by atoms with Gasteiger partial charge in [-0.15, -0.1) is 0 Å². The summed E-state index contributed by atoms with van der Waals surface area (Å²) < 4.78 is 23.5. The number of ether oxygens (including phenoxy) is 1. The average molecular weight is 393 g/mol. The van der Waals surface area contributed by atoms with Crippen molar-refractivity contribution in [3.63, 3.8) is 0 Å². The molecule has 5 nitrogen and oxygen atoms in total. The van der Waals surface area contributed by atoms with Crippen molar-refractivity contribution in [2.24, 2.45) is 0 Å². The monoisotopic (exact) mass is 392 g/mol. The van der Waals surface area contributed by atoms with Crippen LogP contribution in [0.4, 0.5) is 4.39 Å².